The quantitative estimate of drug-likeness (QED) is 0.491. The summed E-state index contributed by atoms with van der Waals surface area (Å²) in [6.45, 7) is 12.9. The maximum Gasteiger partial charge on any atom is 0.213 e. The summed E-state index contributed by atoms with van der Waals surface area (Å²) in [7, 11) is 0. The fourth-order valence-electron chi connectivity index (χ4n) is 2.09. The number of ether oxygens (including phenoxy) is 1. The Balaban J connectivity index is 2.62. The van der Waals surface area contributed by atoms with Crippen LogP contribution >= 0.6 is 0 Å². The number of pyridine rings is 1. The number of aryl methyl sites for hydroxylation is 1. The number of hydrogen-bond acceptors (Lipinski definition) is 3. The minimum absolute atomic E-state index is 0.663. The normalized spacial score (nSPS) is 10.9. The molecule has 3 nitrogen and oxygen atoms in total. The lowest BCUT2D eigenvalue weighted by molar-refractivity contribution is 0.299. The lowest BCUT2D eigenvalue weighted by Crippen LogP contribution is -2.19. The first kappa shape index (κ1) is 17.7. The van der Waals surface area contributed by atoms with Crippen LogP contribution in [-0.2, 0) is 13.0 Å². The molecule has 1 aromatic rings. The van der Waals surface area contributed by atoms with Crippen LogP contribution in [0.4, 0.5) is 0 Å². The van der Waals surface area contributed by atoms with Crippen molar-refractivity contribution >= 4 is 0 Å². The highest BCUT2D eigenvalue weighted by Crippen LogP contribution is 2.15. The highest BCUT2D eigenvalue weighted by atomic mass is 16.5. The molecule has 1 heterocycles. The first-order chi connectivity index (χ1) is 10.2. The van der Waals surface area contributed by atoms with Crippen LogP contribution in [0.15, 0.2) is 24.8 Å². The molecule has 0 bridgehead atoms. The van der Waals surface area contributed by atoms with Crippen molar-refractivity contribution in [1.82, 2.24) is 10.3 Å². The van der Waals surface area contributed by atoms with Gasteiger partial charge in [-0.3, -0.25) is 0 Å². The third-order valence-electron chi connectivity index (χ3n) is 3.11. The summed E-state index contributed by atoms with van der Waals surface area (Å²) in [5.41, 5.74) is 2.38. The zero-order valence-corrected chi connectivity index (χ0v) is 13.8. The second-order valence-electron chi connectivity index (χ2n) is 5.86. The van der Waals surface area contributed by atoms with E-state index in [1.807, 2.05) is 6.08 Å². The third-order valence-corrected chi connectivity index (χ3v) is 3.11. The minimum atomic E-state index is 0.663. The van der Waals surface area contributed by atoms with Crippen molar-refractivity contribution in [2.45, 2.75) is 53.0 Å². The summed E-state index contributed by atoms with van der Waals surface area (Å²) in [6.07, 6.45) is 6.00. The van der Waals surface area contributed by atoms with Crippen LogP contribution in [0.5, 0.6) is 5.88 Å². The predicted molar refractivity (Wildman–Crippen MR) is 89.7 cm³/mol. The number of aromatic nitrogens is 1. The standard InChI is InChI=1S/C18H30N2O/c1-5-7-8-10-21-18-12-16(14-19-13-15(3)4)11-17(20-18)9-6-2/h5,11-12,15,19H,1,6-10,13-14H2,2-4H3. The molecule has 21 heavy (non-hydrogen) atoms. The van der Waals surface area contributed by atoms with Crippen LogP contribution in [0.3, 0.4) is 0 Å². The largest absolute Gasteiger partial charge is 0.478 e. The molecule has 0 aliphatic heterocycles. The molecule has 1 N–H and O–H groups in total. The lowest BCUT2D eigenvalue weighted by atomic mass is 10.1. The van der Waals surface area contributed by atoms with Gasteiger partial charge in [0, 0.05) is 18.3 Å². The molecule has 3 heteroatoms. The maximum absolute atomic E-state index is 5.78. The fraction of sp³-hybridized carbons (Fsp3) is 0.611. The fourth-order valence-corrected chi connectivity index (χ4v) is 2.09. The molecular weight excluding hydrogens is 260 g/mol. The highest BCUT2D eigenvalue weighted by Gasteiger charge is 2.04. The van der Waals surface area contributed by atoms with Gasteiger partial charge >= 0.3 is 0 Å². The molecule has 0 aliphatic rings. The average molecular weight is 290 g/mol. The van der Waals surface area contributed by atoms with Gasteiger partial charge in [-0.1, -0.05) is 33.3 Å². The monoisotopic (exact) mass is 290 g/mol. The predicted octanol–water partition coefficient (Wildman–Crippen LogP) is 4.12. The van der Waals surface area contributed by atoms with E-state index in [0.29, 0.717) is 12.5 Å². The molecule has 0 radical (unpaired) electrons. The smallest absolute Gasteiger partial charge is 0.213 e. The first-order valence-electron chi connectivity index (χ1n) is 8.10. The van der Waals surface area contributed by atoms with E-state index in [1.165, 1.54) is 5.56 Å². The molecule has 1 rings (SSSR count). The van der Waals surface area contributed by atoms with Gasteiger partial charge in [0.15, 0.2) is 0 Å². The molecule has 0 aromatic carbocycles. The molecule has 0 amide bonds. The van der Waals surface area contributed by atoms with Gasteiger partial charge in [-0.25, -0.2) is 4.98 Å². The Labute approximate surface area is 129 Å². The topological polar surface area (TPSA) is 34.1 Å². The van der Waals surface area contributed by atoms with Crippen molar-refractivity contribution in [3.63, 3.8) is 0 Å². The van der Waals surface area contributed by atoms with Crippen molar-refractivity contribution in [3.05, 3.63) is 36.0 Å². The first-order valence-corrected chi connectivity index (χ1v) is 8.10. The van der Waals surface area contributed by atoms with Crippen molar-refractivity contribution in [2.75, 3.05) is 13.2 Å². The SMILES string of the molecule is C=CCCCOc1cc(CNCC(C)C)cc(CCC)n1. The second kappa shape index (κ2) is 10.4. The zero-order valence-electron chi connectivity index (χ0n) is 13.8. The second-order valence-corrected chi connectivity index (χ2v) is 5.86. The van der Waals surface area contributed by atoms with Crippen LogP contribution in [-0.4, -0.2) is 18.1 Å². The minimum Gasteiger partial charge on any atom is -0.478 e. The summed E-state index contributed by atoms with van der Waals surface area (Å²) >= 11 is 0. The van der Waals surface area contributed by atoms with Crippen LogP contribution in [0, 0.1) is 5.92 Å². The molecule has 0 atom stereocenters. The van der Waals surface area contributed by atoms with E-state index in [4.69, 9.17) is 4.74 Å². The molecule has 1 aromatic heterocycles. The van der Waals surface area contributed by atoms with E-state index < -0.39 is 0 Å². The molecule has 118 valence electrons. The molecule has 0 aliphatic carbocycles. The van der Waals surface area contributed by atoms with Crippen LogP contribution in [0.25, 0.3) is 0 Å². The molecule has 0 saturated heterocycles. The van der Waals surface area contributed by atoms with E-state index in [1.54, 1.807) is 0 Å². The third kappa shape index (κ3) is 7.86. The number of nitrogens with one attached hydrogen (secondary N) is 1. The molecular formula is C18H30N2O. The van der Waals surface area contributed by atoms with Crippen molar-refractivity contribution in [3.8, 4) is 5.88 Å². The highest BCUT2D eigenvalue weighted by molar-refractivity contribution is 5.25. The van der Waals surface area contributed by atoms with Crippen LogP contribution < -0.4 is 10.1 Å². The van der Waals surface area contributed by atoms with E-state index in [0.717, 1.165) is 50.3 Å². The van der Waals surface area contributed by atoms with Gasteiger partial charge in [0.1, 0.15) is 0 Å². The zero-order chi connectivity index (χ0) is 15.5. The summed E-state index contributed by atoms with van der Waals surface area (Å²) in [5, 5.41) is 3.48. The number of hydrogen-bond donors (Lipinski definition) is 1. The van der Waals surface area contributed by atoms with Crippen molar-refractivity contribution in [2.24, 2.45) is 5.92 Å². The molecule has 0 saturated carbocycles. The van der Waals surface area contributed by atoms with Crippen LogP contribution in [0.2, 0.25) is 0 Å². The summed E-state index contributed by atoms with van der Waals surface area (Å²) in [4.78, 5) is 4.59. The molecule has 0 unspecified atom stereocenters. The molecule has 0 spiro atoms. The van der Waals surface area contributed by atoms with Gasteiger partial charge in [-0.15, -0.1) is 6.58 Å². The van der Waals surface area contributed by atoms with Gasteiger partial charge in [-0.2, -0.15) is 0 Å². The van der Waals surface area contributed by atoms with Gasteiger partial charge in [-0.05, 0) is 43.4 Å². The van der Waals surface area contributed by atoms with Gasteiger partial charge in [0.25, 0.3) is 0 Å². The lowest BCUT2D eigenvalue weighted by Gasteiger charge is -2.11. The van der Waals surface area contributed by atoms with Crippen LogP contribution in [0.1, 0.15) is 51.3 Å². The van der Waals surface area contributed by atoms with E-state index in [9.17, 15) is 0 Å². The van der Waals surface area contributed by atoms with E-state index in [2.05, 4.69) is 49.8 Å². The Hall–Kier alpha value is -1.35. The number of nitrogens with zero attached hydrogens (tertiary/aromatic N) is 1. The average Bonchev–Trinajstić information content (AvgIpc) is 2.43. The van der Waals surface area contributed by atoms with Gasteiger partial charge in [0.2, 0.25) is 5.88 Å². The number of rotatable bonds is 11. The number of unbranched alkanes of at least 4 members (excludes halogenated alkanes) is 1. The Bertz CT molecular complexity index is 416. The van der Waals surface area contributed by atoms with E-state index in [-0.39, 0.29) is 0 Å². The maximum atomic E-state index is 5.78. The summed E-state index contributed by atoms with van der Waals surface area (Å²) < 4.78 is 5.78. The van der Waals surface area contributed by atoms with Gasteiger partial charge < -0.3 is 10.1 Å². The summed E-state index contributed by atoms with van der Waals surface area (Å²) in [5.74, 6) is 1.42. The Morgan fingerprint density at radius 2 is 2.19 bits per heavy atom. The van der Waals surface area contributed by atoms with E-state index >= 15 is 0 Å². The number of allylic oxidation sites excluding steroid dienone is 1. The Morgan fingerprint density at radius 3 is 2.86 bits per heavy atom. The van der Waals surface area contributed by atoms with Crippen molar-refractivity contribution in [1.29, 1.82) is 0 Å². The molecule has 0 fully saturated rings. The van der Waals surface area contributed by atoms with Gasteiger partial charge in [0.05, 0.1) is 6.61 Å². The Kier molecular flexibility index (Phi) is 8.76. The Morgan fingerprint density at radius 1 is 1.38 bits per heavy atom. The summed E-state index contributed by atoms with van der Waals surface area (Å²) in [6, 6.07) is 4.24. The van der Waals surface area contributed by atoms with Crippen molar-refractivity contribution < 1.29 is 4.74 Å².